The first-order chi connectivity index (χ1) is 9.83. The fraction of sp³-hybridized carbons (Fsp3) is 0.615. The van der Waals surface area contributed by atoms with E-state index in [1.54, 1.807) is 13.8 Å². The summed E-state index contributed by atoms with van der Waals surface area (Å²) in [4.78, 5) is 37.4. The first-order valence-corrected chi connectivity index (χ1v) is 6.50. The van der Waals surface area contributed by atoms with Gasteiger partial charge in [-0.1, -0.05) is 0 Å². The Morgan fingerprint density at radius 3 is 2.86 bits per heavy atom. The number of carbonyl (C=O) groups is 1. The van der Waals surface area contributed by atoms with Crippen LogP contribution in [0.1, 0.15) is 25.1 Å². The van der Waals surface area contributed by atoms with Crippen LogP contribution in [-0.2, 0) is 14.3 Å². The van der Waals surface area contributed by atoms with Gasteiger partial charge in [0.15, 0.2) is 0 Å². The quantitative estimate of drug-likeness (QED) is 0.714. The zero-order chi connectivity index (χ0) is 15.8. The van der Waals surface area contributed by atoms with E-state index >= 15 is 0 Å². The maximum absolute atomic E-state index is 11.9. The van der Waals surface area contributed by atoms with Gasteiger partial charge in [0, 0.05) is 18.2 Å². The van der Waals surface area contributed by atoms with Gasteiger partial charge in [-0.2, -0.15) is 0 Å². The van der Waals surface area contributed by atoms with E-state index in [4.69, 9.17) is 9.47 Å². The Kier molecular flexibility index (Phi) is 4.02. The Labute approximate surface area is 120 Å². The van der Waals surface area contributed by atoms with Gasteiger partial charge in [0.25, 0.3) is 5.56 Å². The monoisotopic (exact) mass is 298 g/mol. The molecule has 0 radical (unpaired) electrons. The fourth-order valence-electron chi connectivity index (χ4n) is 2.54. The number of nitrogens with zero attached hydrogens (tertiary/aromatic N) is 1. The fourth-order valence-corrected chi connectivity index (χ4v) is 2.54. The van der Waals surface area contributed by atoms with Crippen LogP contribution in [0.2, 0.25) is 0 Å². The van der Waals surface area contributed by atoms with Gasteiger partial charge < -0.3 is 14.6 Å². The zero-order valence-electron chi connectivity index (χ0n) is 12.1. The van der Waals surface area contributed by atoms with Crippen molar-refractivity contribution in [1.29, 1.82) is 0 Å². The first kappa shape index (κ1) is 15.5. The molecule has 1 aliphatic heterocycles. The summed E-state index contributed by atoms with van der Waals surface area (Å²) in [5, 5.41) is 9.40. The predicted molar refractivity (Wildman–Crippen MR) is 71.8 cm³/mol. The number of nitrogens with one attached hydrogen (secondary N) is 1. The maximum atomic E-state index is 11.9. The molecule has 1 unspecified atom stereocenters. The Hall–Kier alpha value is -1.93. The molecule has 3 atom stereocenters. The van der Waals surface area contributed by atoms with Crippen LogP contribution in [0.3, 0.4) is 0 Å². The topological polar surface area (TPSA) is 111 Å². The molecule has 1 aromatic rings. The molecule has 0 aliphatic carbocycles. The summed E-state index contributed by atoms with van der Waals surface area (Å²) in [5.41, 5.74) is -1.80. The number of carbonyl (C=O) groups excluding carboxylic acids is 1. The normalized spacial score (nSPS) is 28.6. The second-order valence-corrected chi connectivity index (χ2v) is 5.35. The van der Waals surface area contributed by atoms with Crippen molar-refractivity contribution in [3.8, 4) is 0 Å². The van der Waals surface area contributed by atoms with Crippen molar-refractivity contribution in [2.45, 2.75) is 32.6 Å². The predicted octanol–water partition coefficient (Wildman–Crippen LogP) is -0.696. The number of ether oxygens (including phenoxy) is 2. The molecule has 1 aliphatic rings. The molecule has 8 nitrogen and oxygen atoms in total. The van der Waals surface area contributed by atoms with Crippen molar-refractivity contribution in [3.63, 3.8) is 0 Å². The Bertz CT molecular complexity index is 663. The highest BCUT2D eigenvalue weighted by Crippen LogP contribution is 2.43. The minimum atomic E-state index is -1.06. The molecule has 2 rings (SSSR count). The molecule has 1 aromatic heterocycles. The van der Waals surface area contributed by atoms with Crippen LogP contribution in [0.25, 0.3) is 0 Å². The second-order valence-electron chi connectivity index (χ2n) is 5.35. The van der Waals surface area contributed by atoms with Crippen LogP contribution in [0, 0.1) is 12.3 Å². The molecule has 0 bridgehead atoms. The van der Waals surface area contributed by atoms with Gasteiger partial charge in [0.05, 0.1) is 25.2 Å². The Morgan fingerprint density at radius 2 is 2.29 bits per heavy atom. The number of methoxy groups -OCH3 is 1. The molecule has 0 aromatic carbocycles. The standard InChI is InChI=1S/C13H18N2O6/c1-7-5-15(12(19)14-10(7)17)9-4-13(2,11(18)20-3)8(6-16)21-9/h5,8-9,16H,4,6H2,1-3H3,(H,14,17,19)/t8?,9-,13-/m1/s1. The SMILES string of the molecule is COC(=O)[C@]1(C)C[C@H](n2cc(C)c(=O)[nH]c2=O)OC1CO. The van der Waals surface area contributed by atoms with Gasteiger partial charge in [0.1, 0.15) is 6.23 Å². The summed E-state index contributed by atoms with van der Waals surface area (Å²) in [5.74, 6) is -0.516. The second kappa shape index (κ2) is 5.45. The summed E-state index contributed by atoms with van der Waals surface area (Å²) < 4.78 is 11.6. The molecule has 21 heavy (non-hydrogen) atoms. The minimum absolute atomic E-state index is 0.163. The average Bonchev–Trinajstić information content (AvgIpc) is 2.80. The lowest BCUT2D eigenvalue weighted by atomic mass is 9.83. The van der Waals surface area contributed by atoms with Crippen molar-refractivity contribution < 1.29 is 19.4 Å². The Balaban J connectivity index is 2.41. The summed E-state index contributed by atoms with van der Waals surface area (Å²) in [6, 6.07) is 0. The first-order valence-electron chi connectivity index (χ1n) is 6.50. The van der Waals surface area contributed by atoms with Crippen LogP contribution >= 0.6 is 0 Å². The van der Waals surface area contributed by atoms with E-state index in [2.05, 4.69) is 4.98 Å². The number of aromatic nitrogens is 2. The van der Waals surface area contributed by atoms with Crippen LogP contribution in [0.4, 0.5) is 0 Å². The van der Waals surface area contributed by atoms with Gasteiger partial charge in [-0.25, -0.2) is 4.79 Å². The highest BCUT2D eigenvalue weighted by Gasteiger charge is 2.52. The van der Waals surface area contributed by atoms with Crippen molar-refractivity contribution in [1.82, 2.24) is 9.55 Å². The number of aryl methyl sites for hydroxylation is 1. The average molecular weight is 298 g/mol. The van der Waals surface area contributed by atoms with Crippen molar-refractivity contribution in [2.24, 2.45) is 5.41 Å². The summed E-state index contributed by atoms with van der Waals surface area (Å²) in [6.45, 7) is 2.80. The van der Waals surface area contributed by atoms with Gasteiger partial charge in [-0.3, -0.25) is 19.1 Å². The number of hydrogen-bond acceptors (Lipinski definition) is 6. The van der Waals surface area contributed by atoms with Gasteiger partial charge in [0.2, 0.25) is 0 Å². The number of rotatable bonds is 3. The third kappa shape index (κ3) is 2.52. The van der Waals surface area contributed by atoms with Crippen LogP contribution in [0.15, 0.2) is 15.8 Å². The van der Waals surface area contributed by atoms with E-state index in [0.29, 0.717) is 5.56 Å². The van der Waals surface area contributed by atoms with Crippen molar-refractivity contribution in [3.05, 3.63) is 32.6 Å². The lowest BCUT2D eigenvalue weighted by molar-refractivity contribution is -0.156. The summed E-state index contributed by atoms with van der Waals surface area (Å²) >= 11 is 0. The maximum Gasteiger partial charge on any atom is 0.330 e. The number of aliphatic hydroxyl groups excluding tert-OH is 1. The Morgan fingerprint density at radius 1 is 1.62 bits per heavy atom. The lowest BCUT2D eigenvalue weighted by Gasteiger charge is -2.24. The van der Waals surface area contributed by atoms with Gasteiger partial charge in [-0.05, 0) is 13.8 Å². The number of hydrogen-bond donors (Lipinski definition) is 2. The lowest BCUT2D eigenvalue weighted by Crippen LogP contribution is -2.39. The molecule has 0 spiro atoms. The van der Waals surface area contributed by atoms with Crippen LogP contribution < -0.4 is 11.2 Å². The van der Waals surface area contributed by atoms with Gasteiger partial charge >= 0.3 is 11.7 Å². The van der Waals surface area contributed by atoms with E-state index in [1.807, 2.05) is 0 Å². The van der Waals surface area contributed by atoms with E-state index in [1.165, 1.54) is 17.9 Å². The third-order valence-corrected chi connectivity index (χ3v) is 3.90. The van der Waals surface area contributed by atoms with E-state index < -0.39 is 35.0 Å². The number of aromatic amines is 1. The van der Waals surface area contributed by atoms with Crippen molar-refractivity contribution in [2.75, 3.05) is 13.7 Å². The largest absolute Gasteiger partial charge is 0.469 e. The van der Waals surface area contributed by atoms with Gasteiger partial charge in [-0.15, -0.1) is 0 Å². The highest BCUT2D eigenvalue weighted by molar-refractivity contribution is 5.77. The smallest absolute Gasteiger partial charge is 0.330 e. The molecular formula is C13H18N2O6. The van der Waals surface area contributed by atoms with E-state index in [9.17, 15) is 19.5 Å². The van der Waals surface area contributed by atoms with E-state index in [-0.39, 0.29) is 13.0 Å². The van der Waals surface area contributed by atoms with E-state index in [0.717, 1.165) is 0 Å². The molecule has 0 saturated carbocycles. The summed E-state index contributed by atoms with van der Waals surface area (Å²) in [7, 11) is 1.26. The molecular weight excluding hydrogens is 280 g/mol. The number of aliphatic hydroxyl groups is 1. The molecule has 1 fully saturated rings. The third-order valence-electron chi connectivity index (χ3n) is 3.90. The zero-order valence-corrected chi connectivity index (χ0v) is 12.1. The molecule has 2 heterocycles. The minimum Gasteiger partial charge on any atom is -0.469 e. The molecule has 1 saturated heterocycles. The summed E-state index contributed by atoms with van der Waals surface area (Å²) in [6.07, 6.45) is 0.00271. The molecule has 116 valence electrons. The molecule has 8 heteroatoms. The number of esters is 1. The van der Waals surface area contributed by atoms with Crippen molar-refractivity contribution >= 4 is 5.97 Å². The van der Waals surface area contributed by atoms with Crippen LogP contribution in [-0.4, -0.2) is 40.4 Å². The molecule has 2 N–H and O–H groups in total. The number of H-pyrrole nitrogens is 1. The van der Waals surface area contributed by atoms with Crippen LogP contribution in [0.5, 0.6) is 0 Å². The highest BCUT2D eigenvalue weighted by atomic mass is 16.5. The molecule has 0 amide bonds.